The number of benzene rings is 1. The van der Waals surface area contributed by atoms with Crippen LogP contribution in [-0.4, -0.2) is 13.8 Å². The van der Waals surface area contributed by atoms with Crippen LogP contribution in [0.3, 0.4) is 0 Å². The summed E-state index contributed by atoms with van der Waals surface area (Å²) < 4.78 is 11.9. The van der Waals surface area contributed by atoms with Gasteiger partial charge in [-0.1, -0.05) is 44.4 Å². The topological polar surface area (TPSA) is 18.5 Å². The van der Waals surface area contributed by atoms with Gasteiger partial charge in [0, 0.05) is 12.7 Å². The molecule has 0 heterocycles. The Morgan fingerprint density at radius 3 is 2.39 bits per heavy atom. The highest BCUT2D eigenvalue weighted by Crippen LogP contribution is 2.27. The van der Waals surface area contributed by atoms with Crippen LogP contribution in [0.4, 0.5) is 0 Å². The zero-order valence-corrected chi connectivity index (χ0v) is 13.9. The zero-order valence-electron chi connectivity index (χ0n) is 11.3. The van der Waals surface area contributed by atoms with Crippen molar-refractivity contribution in [3.05, 3.63) is 30.3 Å². The van der Waals surface area contributed by atoms with E-state index in [2.05, 4.69) is 22.2 Å². The van der Waals surface area contributed by atoms with E-state index in [4.69, 9.17) is 8.85 Å². The lowest BCUT2D eigenvalue weighted by Gasteiger charge is -2.25. The molecule has 0 saturated carbocycles. The average molecular weight is 331 g/mol. The molecular formula is C14H23BrO2Si. The Balaban J connectivity index is 2.51. The fraction of sp³-hybridized carbons (Fsp3) is 0.571. The first-order valence-corrected chi connectivity index (χ1v) is 11.0. The molecule has 0 saturated heterocycles. The smallest absolute Gasteiger partial charge is 0.475 e. The van der Waals surface area contributed by atoms with Crippen LogP contribution in [0.5, 0.6) is 5.75 Å². The second-order valence-corrected chi connectivity index (χ2v) is 10.3. The molecule has 1 unspecified atom stereocenters. The fourth-order valence-corrected chi connectivity index (χ4v) is 5.78. The summed E-state index contributed by atoms with van der Waals surface area (Å²) in [5.41, 5.74) is 0. The monoisotopic (exact) mass is 330 g/mol. The van der Waals surface area contributed by atoms with Crippen LogP contribution in [0.2, 0.25) is 6.04 Å². The third kappa shape index (κ3) is 6.02. The highest BCUT2D eigenvalue weighted by Gasteiger charge is 2.36. The Bertz CT molecular complexity index is 321. The van der Waals surface area contributed by atoms with Gasteiger partial charge in [-0.05, 0) is 40.8 Å². The first kappa shape index (κ1) is 15.7. The van der Waals surface area contributed by atoms with Gasteiger partial charge in [0.05, 0.1) is 0 Å². The molecule has 0 N–H and O–H groups in total. The van der Waals surface area contributed by atoms with Crippen LogP contribution in [0.25, 0.3) is 0 Å². The molecule has 0 aliphatic heterocycles. The molecule has 2 nitrogen and oxygen atoms in total. The van der Waals surface area contributed by atoms with Gasteiger partial charge in [0.25, 0.3) is 0 Å². The highest BCUT2D eigenvalue weighted by atomic mass is 79.9. The molecule has 1 atom stereocenters. The Kier molecular flexibility index (Phi) is 7.62. The van der Waals surface area contributed by atoms with Crippen molar-refractivity contribution in [1.29, 1.82) is 0 Å². The van der Waals surface area contributed by atoms with Crippen LogP contribution < -0.4 is 4.43 Å². The van der Waals surface area contributed by atoms with E-state index in [9.17, 15) is 0 Å². The molecule has 102 valence electrons. The lowest BCUT2D eigenvalue weighted by molar-refractivity contribution is 0.273. The van der Waals surface area contributed by atoms with Crippen molar-refractivity contribution in [1.82, 2.24) is 0 Å². The number of hydrogen-bond acceptors (Lipinski definition) is 2. The largest absolute Gasteiger partial charge is 0.513 e. The maximum absolute atomic E-state index is 6.06. The zero-order chi connectivity index (χ0) is 13.3. The van der Waals surface area contributed by atoms with Gasteiger partial charge in [-0.2, -0.15) is 0 Å². The molecule has 0 radical (unpaired) electrons. The van der Waals surface area contributed by atoms with Crippen LogP contribution in [-0.2, 0) is 4.43 Å². The van der Waals surface area contributed by atoms with Crippen molar-refractivity contribution in [2.45, 2.75) is 45.6 Å². The van der Waals surface area contributed by atoms with Gasteiger partial charge >= 0.3 is 7.18 Å². The van der Waals surface area contributed by atoms with Crippen molar-refractivity contribution in [2.75, 3.05) is 6.61 Å². The molecule has 0 aromatic heterocycles. The Morgan fingerprint density at radius 1 is 1.06 bits per heavy atom. The van der Waals surface area contributed by atoms with Gasteiger partial charge < -0.3 is 8.85 Å². The third-order valence-electron chi connectivity index (χ3n) is 2.70. The number of halogens is 1. The van der Waals surface area contributed by atoms with Crippen LogP contribution in [0, 0.1) is 0 Å². The van der Waals surface area contributed by atoms with Crippen molar-refractivity contribution in [3.8, 4) is 5.75 Å². The van der Waals surface area contributed by atoms with Crippen molar-refractivity contribution in [3.63, 3.8) is 0 Å². The molecule has 0 fully saturated rings. The van der Waals surface area contributed by atoms with Crippen molar-refractivity contribution in [2.24, 2.45) is 0 Å². The SMILES string of the molecule is CCCCCC[Si](Br)(OCC)Oc1ccccc1. The number of para-hydroxylation sites is 1. The minimum Gasteiger partial charge on any atom is -0.513 e. The van der Waals surface area contributed by atoms with Crippen LogP contribution >= 0.6 is 15.3 Å². The lowest BCUT2D eigenvalue weighted by atomic mass is 10.2. The molecule has 0 amide bonds. The molecule has 0 aliphatic carbocycles. The Hall–Kier alpha value is -0.323. The molecule has 1 rings (SSSR count). The second-order valence-electron chi connectivity index (χ2n) is 4.32. The van der Waals surface area contributed by atoms with E-state index in [1.807, 2.05) is 37.3 Å². The number of hydrogen-bond donors (Lipinski definition) is 0. The van der Waals surface area contributed by atoms with Crippen LogP contribution in [0.15, 0.2) is 30.3 Å². The lowest BCUT2D eigenvalue weighted by Crippen LogP contribution is -2.38. The first-order valence-electron chi connectivity index (χ1n) is 6.77. The van der Waals surface area contributed by atoms with Crippen molar-refractivity contribution < 1.29 is 8.85 Å². The van der Waals surface area contributed by atoms with Gasteiger partial charge in [-0.3, -0.25) is 0 Å². The predicted octanol–water partition coefficient (Wildman–Crippen LogP) is 5.02. The van der Waals surface area contributed by atoms with Gasteiger partial charge in [0.1, 0.15) is 5.75 Å². The fourth-order valence-electron chi connectivity index (χ4n) is 1.80. The van der Waals surface area contributed by atoms with Gasteiger partial charge in [-0.25, -0.2) is 0 Å². The van der Waals surface area contributed by atoms with E-state index in [0.717, 1.165) is 18.2 Å². The average Bonchev–Trinajstić information content (AvgIpc) is 2.36. The maximum atomic E-state index is 6.06. The van der Waals surface area contributed by atoms with E-state index >= 15 is 0 Å². The summed E-state index contributed by atoms with van der Waals surface area (Å²) in [6, 6.07) is 10.9. The normalized spacial score (nSPS) is 14.2. The summed E-state index contributed by atoms with van der Waals surface area (Å²) in [7, 11) is -2.23. The van der Waals surface area contributed by atoms with E-state index in [0.29, 0.717) is 6.61 Å². The molecule has 18 heavy (non-hydrogen) atoms. The second kappa shape index (κ2) is 8.72. The molecular weight excluding hydrogens is 308 g/mol. The van der Waals surface area contributed by atoms with Gasteiger partial charge in [0.15, 0.2) is 0 Å². The minimum atomic E-state index is -2.23. The summed E-state index contributed by atoms with van der Waals surface area (Å²) in [5, 5.41) is 0. The molecule has 0 spiro atoms. The first-order chi connectivity index (χ1) is 8.70. The van der Waals surface area contributed by atoms with Gasteiger partial charge in [-0.15, -0.1) is 0 Å². The highest BCUT2D eigenvalue weighted by molar-refractivity contribution is 9.25. The molecule has 0 bridgehead atoms. The number of unbranched alkanes of at least 4 members (excludes halogenated alkanes) is 3. The van der Waals surface area contributed by atoms with Crippen LogP contribution in [0.1, 0.15) is 39.5 Å². The standard InChI is InChI=1S/C14H23BrO2Si/c1-3-5-6-10-13-18(15,16-4-2)17-14-11-8-7-9-12-14/h7-9,11-12H,3-6,10,13H2,1-2H3. The van der Waals surface area contributed by atoms with E-state index < -0.39 is 7.18 Å². The third-order valence-corrected chi connectivity index (χ3v) is 7.28. The molecule has 1 aromatic rings. The maximum Gasteiger partial charge on any atom is 0.475 e. The van der Waals surface area contributed by atoms with Crippen molar-refractivity contribution >= 4 is 22.5 Å². The summed E-state index contributed by atoms with van der Waals surface area (Å²) in [4.78, 5) is 0. The van der Waals surface area contributed by atoms with E-state index in [-0.39, 0.29) is 0 Å². The Morgan fingerprint density at radius 2 is 1.78 bits per heavy atom. The van der Waals surface area contributed by atoms with E-state index in [1.165, 1.54) is 19.3 Å². The minimum absolute atomic E-state index is 0.693. The molecule has 0 aliphatic rings. The summed E-state index contributed by atoms with van der Waals surface area (Å²) >= 11 is 3.73. The number of rotatable bonds is 9. The predicted molar refractivity (Wildman–Crippen MR) is 82.3 cm³/mol. The quantitative estimate of drug-likeness (QED) is 0.359. The summed E-state index contributed by atoms with van der Waals surface area (Å²) in [5.74, 6) is 0.894. The van der Waals surface area contributed by atoms with E-state index in [1.54, 1.807) is 0 Å². The Labute approximate surface area is 120 Å². The molecule has 1 aromatic carbocycles. The summed E-state index contributed by atoms with van der Waals surface area (Å²) in [6.07, 6.45) is 4.96. The van der Waals surface area contributed by atoms with Gasteiger partial charge in [0.2, 0.25) is 0 Å². The summed E-state index contributed by atoms with van der Waals surface area (Å²) in [6.45, 7) is 4.93. The molecule has 4 heteroatoms.